The lowest BCUT2D eigenvalue weighted by molar-refractivity contribution is -0.118. The molecule has 0 spiro atoms. The van der Waals surface area contributed by atoms with Crippen LogP contribution in [0.3, 0.4) is 0 Å². The molecular formula is C21H25N3O2S. The van der Waals surface area contributed by atoms with Gasteiger partial charge in [0.05, 0.1) is 5.69 Å². The molecular weight excluding hydrogens is 358 g/mol. The predicted molar refractivity (Wildman–Crippen MR) is 109 cm³/mol. The first-order valence-corrected chi connectivity index (χ1v) is 10.7. The summed E-state index contributed by atoms with van der Waals surface area (Å²) in [6, 6.07) is 5.61. The average Bonchev–Trinajstić information content (AvgIpc) is 3.24. The van der Waals surface area contributed by atoms with Gasteiger partial charge in [0, 0.05) is 29.1 Å². The van der Waals surface area contributed by atoms with E-state index in [4.69, 9.17) is 0 Å². The number of nitrogens with one attached hydrogen (secondary N) is 1. The number of amides is 2. The first kappa shape index (κ1) is 18.2. The molecule has 1 aromatic heterocycles. The molecule has 0 saturated heterocycles. The van der Waals surface area contributed by atoms with Gasteiger partial charge < -0.3 is 4.90 Å². The fourth-order valence-electron chi connectivity index (χ4n) is 3.92. The Morgan fingerprint density at radius 1 is 1.15 bits per heavy atom. The summed E-state index contributed by atoms with van der Waals surface area (Å²) < 4.78 is 0. The third-order valence-electron chi connectivity index (χ3n) is 5.41. The van der Waals surface area contributed by atoms with Gasteiger partial charge in [-0.25, -0.2) is 4.98 Å². The Hall–Kier alpha value is -2.21. The van der Waals surface area contributed by atoms with E-state index in [0.29, 0.717) is 23.7 Å². The van der Waals surface area contributed by atoms with E-state index in [-0.39, 0.29) is 11.8 Å². The standard InChI is InChI=1S/C21H25N3O2S/c1-2-19(25)24-12-11-14-13-15(9-10-17(14)24)20(26)23-21-22-16-7-5-3-4-6-8-18(16)27-21/h9-10,13H,2-8,11-12H2,1H3,(H,22,23,26). The van der Waals surface area contributed by atoms with Gasteiger partial charge in [0.25, 0.3) is 5.91 Å². The zero-order valence-electron chi connectivity index (χ0n) is 15.7. The summed E-state index contributed by atoms with van der Waals surface area (Å²) in [5.74, 6) is 0.00550. The lowest BCUT2D eigenvalue weighted by Crippen LogP contribution is -2.27. The normalized spacial score (nSPS) is 16.3. The maximum absolute atomic E-state index is 12.7. The van der Waals surface area contributed by atoms with Crippen LogP contribution in [-0.2, 0) is 24.1 Å². The SMILES string of the molecule is CCC(=O)N1CCc2cc(C(=O)Nc3nc4c(s3)CCCCCC4)ccc21. The molecule has 0 bridgehead atoms. The van der Waals surface area contributed by atoms with Crippen LogP contribution in [0.15, 0.2) is 18.2 Å². The smallest absolute Gasteiger partial charge is 0.257 e. The van der Waals surface area contributed by atoms with E-state index in [1.165, 1.54) is 30.6 Å². The number of thiazole rings is 1. The van der Waals surface area contributed by atoms with Crippen LogP contribution in [0.25, 0.3) is 0 Å². The van der Waals surface area contributed by atoms with Crippen molar-refractivity contribution in [3.8, 4) is 0 Å². The van der Waals surface area contributed by atoms with Crippen molar-refractivity contribution in [3.05, 3.63) is 39.9 Å². The minimum Gasteiger partial charge on any atom is -0.312 e. The van der Waals surface area contributed by atoms with E-state index < -0.39 is 0 Å². The van der Waals surface area contributed by atoms with Gasteiger partial charge in [-0.15, -0.1) is 11.3 Å². The van der Waals surface area contributed by atoms with Crippen molar-refractivity contribution in [3.63, 3.8) is 0 Å². The first-order valence-electron chi connectivity index (χ1n) is 9.89. The molecule has 1 aliphatic heterocycles. The summed E-state index contributed by atoms with van der Waals surface area (Å²) in [6.07, 6.45) is 8.33. The Labute approximate surface area is 163 Å². The molecule has 142 valence electrons. The van der Waals surface area contributed by atoms with Crippen LogP contribution in [0.5, 0.6) is 0 Å². The Kier molecular flexibility index (Phi) is 5.25. The molecule has 0 atom stereocenters. The lowest BCUT2D eigenvalue weighted by Gasteiger charge is -2.16. The van der Waals surface area contributed by atoms with Crippen molar-refractivity contribution >= 4 is 34.0 Å². The molecule has 0 radical (unpaired) electrons. The minimum atomic E-state index is -0.125. The van der Waals surface area contributed by atoms with Gasteiger partial charge in [0.15, 0.2) is 5.13 Å². The lowest BCUT2D eigenvalue weighted by atomic mass is 10.0. The molecule has 1 aromatic carbocycles. The van der Waals surface area contributed by atoms with E-state index in [1.54, 1.807) is 17.4 Å². The third-order valence-corrected chi connectivity index (χ3v) is 6.48. The van der Waals surface area contributed by atoms with E-state index in [0.717, 1.165) is 36.2 Å². The molecule has 2 aromatic rings. The quantitative estimate of drug-likeness (QED) is 0.857. The van der Waals surface area contributed by atoms with Gasteiger partial charge in [-0.1, -0.05) is 19.8 Å². The van der Waals surface area contributed by atoms with Gasteiger partial charge >= 0.3 is 0 Å². The molecule has 5 nitrogen and oxygen atoms in total. The molecule has 6 heteroatoms. The van der Waals surface area contributed by atoms with Gasteiger partial charge in [0.1, 0.15) is 0 Å². The van der Waals surface area contributed by atoms with Gasteiger partial charge in [-0.05, 0) is 55.9 Å². The van der Waals surface area contributed by atoms with Crippen molar-refractivity contribution in [2.75, 3.05) is 16.8 Å². The number of rotatable bonds is 3. The van der Waals surface area contributed by atoms with Crippen molar-refractivity contribution in [2.45, 2.75) is 58.3 Å². The first-order chi connectivity index (χ1) is 13.2. The fourth-order valence-corrected chi connectivity index (χ4v) is 4.97. The number of hydrogen-bond acceptors (Lipinski definition) is 4. The Balaban J connectivity index is 1.49. The molecule has 4 rings (SSSR count). The Morgan fingerprint density at radius 3 is 2.78 bits per heavy atom. The number of anilines is 2. The largest absolute Gasteiger partial charge is 0.312 e. The van der Waals surface area contributed by atoms with Crippen LogP contribution >= 0.6 is 11.3 Å². The molecule has 1 aliphatic carbocycles. The second-order valence-electron chi connectivity index (χ2n) is 7.25. The van der Waals surface area contributed by atoms with Gasteiger partial charge in [0.2, 0.25) is 5.91 Å². The molecule has 2 aliphatic rings. The van der Waals surface area contributed by atoms with Gasteiger partial charge in [-0.2, -0.15) is 0 Å². The zero-order chi connectivity index (χ0) is 18.8. The monoisotopic (exact) mass is 383 g/mol. The van der Waals surface area contributed by atoms with Crippen LogP contribution in [0, 0.1) is 0 Å². The number of benzene rings is 1. The number of aromatic nitrogens is 1. The van der Waals surface area contributed by atoms with E-state index in [9.17, 15) is 9.59 Å². The van der Waals surface area contributed by atoms with Crippen LogP contribution < -0.4 is 10.2 Å². The van der Waals surface area contributed by atoms with Crippen LogP contribution in [0.2, 0.25) is 0 Å². The highest BCUT2D eigenvalue weighted by atomic mass is 32.1. The third kappa shape index (κ3) is 3.76. The second-order valence-corrected chi connectivity index (χ2v) is 8.33. The number of aryl methyl sites for hydroxylation is 2. The van der Waals surface area contributed by atoms with Crippen molar-refractivity contribution in [2.24, 2.45) is 0 Å². The van der Waals surface area contributed by atoms with E-state index >= 15 is 0 Å². The van der Waals surface area contributed by atoms with Crippen molar-refractivity contribution < 1.29 is 9.59 Å². The number of hydrogen-bond donors (Lipinski definition) is 1. The summed E-state index contributed by atoms with van der Waals surface area (Å²) in [6.45, 7) is 2.58. The maximum Gasteiger partial charge on any atom is 0.257 e. The summed E-state index contributed by atoms with van der Waals surface area (Å²) >= 11 is 1.62. The number of nitrogens with zero attached hydrogens (tertiary/aromatic N) is 2. The van der Waals surface area contributed by atoms with Crippen molar-refractivity contribution in [1.29, 1.82) is 0 Å². The fraction of sp³-hybridized carbons (Fsp3) is 0.476. The summed E-state index contributed by atoms with van der Waals surface area (Å²) in [5.41, 5.74) is 3.80. The van der Waals surface area contributed by atoms with E-state index in [2.05, 4.69) is 10.3 Å². The molecule has 0 fully saturated rings. The Morgan fingerprint density at radius 2 is 1.96 bits per heavy atom. The summed E-state index contributed by atoms with van der Waals surface area (Å²) in [5, 5.41) is 3.68. The summed E-state index contributed by atoms with van der Waals surface area (Å²) in [4.78, 5) is 32.5. The molecule has 2 amide bonds. The highest BCUT2D eigenvalue weighted by Crippen LogP contribution is 2.31. The molecule has 0 saturated carbocycles. The molecule has 0 unspecified atom stereocenters. The van der Waals surface area contributed by atoms with Crippen LogP contribution in [-0.4, -0.2) is 23.3 Å². The Bertz CT molecular complexity index is 849. The van der Waals surface area contributed by atoms with Gasteiger partial charge in [-0.3, -0.25) is 14.9 Å². The van der Waals surface area contributed by atoms with Crippen LogP contribution in [0.4, 0.5) is 10.8 Å². The topological polar surface area (TPSA) is 62.3 Å². The average molecular weight is 384 g/mol. The summed E-state index contributed by atoms with van der Waals surface area (Å²) in [7, 11) is 0. The second kappa shape index (κ2) is 7.80. The minimum absolute atomic E-state index is 0.125. The molecule has 27 heavy (non-hydrogen) atoms. The molecule has 1 N–H and O–H groups in total. The van der Waals surface area contributed by atoms with Crippen molar-refractivity contribution in [1.82, 2.24) is 4.98 Å². The maximum atomic E-state index is 12.7. The predicted octanol–water partition coefficient (Wildman–Crippen LogP) is 4.35. The number of carbonyl (C=O) groups excluding carboxylic acids is 2. The highest BCUT2D eigenvalue weighted by molar-refractivity contribution is 7.15. The van der Waals surface area contributed by atoms with E-state index in [1.807, 2.05) is 24.0 Å². The zero-order valence-corrected chi connectivity index (χ0v) is 16.5. The van der Waals surface area contributed by atoms with Crippen LogP contribution in [0.1, 0.15) is 65.5 Å². The number of carbonyl (C=O) groups is 2. The number of fused-ring (bicyclic) bond motifs is 2. The molecule has 2 heterocycles. The highest BCUT2D eigenvalue weighted by Gasteiger charge is 2.24.